The van der Waals surface area contributed by atoms with Crippen LogP contribution in [0, 0.1) is 3.57 Å². The number of phenolic OH excluding ortho intramolecular Hbond substituents is 1. The molecule has 0 atom stereocenters. The van der Waals surface area contributed by atoms with Gasteiger partial charge in [-0.25, -0.2) is 10.2 Å². The fourth-order valence-corrected chi connectivity index (χ4v) is 3.56. The molecule has 0 spiro atoms. The number of hydrogen-bond donors (Lipinski definition) is 2. The SMILES string of the molecule is COC(=O)COc1c(I)cc(C=NNC(=O)c2cc3ccccc3cc2O)cc1OC. The van der Waals surface area contributed by atoms with Crippen molar-refractivity contribution in [1.29, 1.82) is 0 Å². The minimum Gasteiger partial charge on any atom is -0.507 e. The van der Waals surface area contributed by atoms with Crippen LogP contribution in [0.1, 0.15) is 15.9 Å². The number of aromatic hydroxyl groups is 1. The smallest absolute Gasteiger partial charge is 0.343 e. The largest absolute Gasteiger partial charge is 0.507 e. The number of hydrogen-bond acceptors (Lipinski definition) is 7. The highest BCUT2D eigenvalue weighted by Crippen LogP contribution is 2.33. The Balaban J connectivity index is 1.74. The van der Waals surface area contributed by atoms with E-state index in [0.29, 0.717) is 20.6 Å². The number of nitrogens with zero attached hydrogens (tertiary/aromatic N) is 1. The molecule has 0 aliphatic rings. The second-order valence-corrected chi connectivity index (χ2v) is 7.48. The van der Waals surface area contributed by atoms with E-state index in [1.165, 1.54) is 26.5 Å². The Kier molecular flexibility index (Phi) is 7.29. The van der Waals surface area contributed by atoms with Crippen molar-refractivity contribution in [3.05, 3.63) is 63.2 Å². The summed E-state index contributed by atoms with van der Waals surface area (Å²) < 4.78 is 16.0. The van der Waals surface area contributed by atoms with Gasteiger partial charge in [0.15, 0.2) is 18.1 Å². The van der Waals surface area contributed by atoms with Gasteiger partial charge in [0.1, 0.15) is 5.75 Å². The summed E-state index contributed by atoms with van der Waals surface area (Å²) in [7, 11) is 2.75. The highest BCUT2D eigenvalue weighted by Gasteiger charge is 2.14. The number of nitrogens with one attached hydrogen (secondary N) is 1. The average Bonchev–Trinajstić information content (AvgIpc) is 2.77. The van der Waals surface area contributed by atoms with Crippen LogP contribution >= 0.6 is 22.6 Å². The van der Waals surface area contributed by atoms with Crippen LogP contribution in [0.4, 0.5) is 0 Å². The van der Waals surface area contributed by atoms with Crippen LogP contribution in [-0.4, -0.2) is 44.0 Å². The number of carbonyl (C=O) groups is 2. The minimum absolute atomic E-state index is 0.120. The lowest BCUT2D eigenvalue weighted by Crippen LogP contribution is -2.17. The van der Waals surface area contributed by atoms with Crippen LogP contribution < -0.4 is 14.9 Å². The van der Waals surface area contributed by atoms with Crippen LogP contribution in [0.25, 0.3) is 10.8 Å². The molecule has 0 aromatic heterocycles. The Labute approximate surface area is 191 Å². The zero-order valence-corrected chi connectivity index (χ0v) is 18.9. The summed E-state index contributed by atoms with van der Waals surface area (Å²) in [6, 6.07) is 14.0. The van der Waals surface area contributed by atoms with E-state index >= 15 is 0 Å². The molecule has 0 saturated heterocycles. The monoisotopic (exact) mass is 534 g/mol. The summed E-state index contributed by atoms with van der Waals surface area (Å²) in [5, 5.41) is 15.8. The molecule has 2 N–H and O–H groups in total. The fourth-order valence-electron chi connectivity index (χ4n) is 2.78. The van der Waals surface area contributed by atoms with Gasteiger partial charge in [-0.3, -0.25) is 4.79 Å². The van der Waals surface area contributed by atoms with Crippen molar-refractivity contribution in [1.82, 2.24) is 5.43 Å². The molecule has 0 aliphatic carbocycles. The Bertz CT molecular complexity index is 1160. The number of esters is 1. The molecule has 31 heavy (non-hydrogen) atoms. The third-order valence-corrected chi connectivity index (χ3v) is 5.10. The van der Waals surface area contributed by atoms with E-state index in [0.717, 1.165) is 10.8 Å². The standard InChI is InChI=1S/C22H19IN2O6/c1-29-19-8-13(7-17(23)21(19)31-12-20(27)30-2)11-24-25-22(28)16-9-14-5-3-4-6-15(14)10-18(16)26/h3-11,26H,12H2,1-2H3,(H,25,28). The number of amides is 1. The van der Waals surface area contributed by atoms with Crippen molar-refractivity contribution < 1.29 is 28.9 Å². The normalized spacial score (nSPS) is 10.8. The Hall–Kier alpha value is -3.34. The molecular weight excluding hydrogens is 515 g/mol. The maximum absolute atomic E-state index is 12.4. The van der Waals surface area contributed by atoms with Crippen LogP contribution in [0.5, 0.6) is 17.2 Å². The molecule has 8 nitrogen and oxygen atoms in total. The zero-order valence-electron chi connectivity index (χ0n) is 16.7. The first kappa shape index (κ1) is 22.3. The van der Waals surface area contributed by atoms with Gasteiger partial charge in [-0.05, 0) is 63.2 Å². The number of ether oxygens (including phenoxy) is 3. The molecule has 3 aromatic rings. The van der Waals surface area contributed by atoms with Gasteiger partial charge >= 0.3 is 5.97 Å². The van der Waals surface area contributed by atoms with Gasteiger partial charge in [-0.2, -0.15) is 5.10 Å². The lowest BCUT2D eigenvalue weighted by atomic mass is 10.1. The molecule has 0 heterocycles. The number of carbonyl (C=O) groups excluding carboxylic acids is 2. The van der Waals surface area contributed by atoms with Crippen molar-refractivity contribution >= 4 is 51.5 Å². The molecule has 3 rings (SSSR count). The predicted octanol–water partition coefficient (Wildman–Crippen LogP) is 3.47. The number of phenols is 1. The molecule has 1 amide bonds. The molecule has 0 unspecified atom stereocenters. The lowest BCUT2D eigenvalue weighted by molar-refractivity contribution is -0.142. The number of rotatable bonds is 7. The van der Waals surface area contributed by atoms with Crippen LogP contribution in [0.3, 0.4) is 0 Å². The Morgan fingerprint density at radius 2 is 1.84 bits per heavy atom. The maximum atomic E-state index is 12.4. The average molecular weight is 534 g/mol. The number of fused-ring (bicyclic) bond motifs is 1. The molecule has 0 bridgehead atoms. The van der Waals surface area contributed by atoms with Gasteiger partial charge in [0.2, 0.25) is 0 Å². The van der Waals surface area contributed by atoms with E-state index < -0.39 is 11.9 Å². The van der Waals surface area contributed by atoms with E-state index in [9.17, 15) is 14.7 Å². The van der Waals surface area contributed by atoms with Crippen molar-refractivity contribution in [3.63, 3.8) is 0 Å². The van der Waals surface area contributed by atoms with Crippen molar-refractivity contribution in [2.75, 3.05) is 20.8 Å². The third kappa shape index (κ3) is 5.43. The van der Waals surface area contributed by atoms with Gasteiger partial charge in [0.25, 0.3) is 5.91 Å². The van der Waals surface area contributed by atoms with Crippen LogP contribution in [-0.2, 0) is 9.53 Å². The summed E-state index contributed by atoms with van der Waals surface area (Å²) in [5.41, 5.74) is 3.16. The van der Waals surface area contributed by atoms with E-state index in [1.807, 2.05) is 46.9 Å². The topological polar surface area (TPSA) is 106 Å². The van der Waals surface area contributed by atoms with Gasteiger partial charge in [0.05, 0.1) is 29.6 Å². The van der Waals surface area contributed by atoms with Gasteiger partial charge in [0, 0.05) is 0 Å². The van der Waals surface area contributed by atoms with Gasteiger partial charge in [-0.1, -0.05) is 24.3 Å². The van der Waals surface area contributed by atoms with Crippen molar-refractivity contribution in [2.45, 2.75) is 0 Å². The van der Waals surface area contributed by atoms with E-state index in [2.05, 4.69) is 15.3 Å². The molecule has 160 valence electrons. The predicted molar refractivity (Wildman–Crippen MR) is 124 cm³/mol. The summed E-state index contributed by atoms with van der Waals surface area (Å²) in [6.07, 6.45) is 1.44. The number of methoxy groups -OCH3 is 2. The van der Waals surface area contributed by atoms with Crippen LogP contribution in [0.15, 0.2) is 53.6 Å². The molecule has 0 fully saturated rings. The molecule has 3 aromatic carbocycles. The molecule has 0 aliphatic heterocycles. The Morgan fingerprint density at radius 3 is 2.52 bits per heavy atom. The summed E-state index contributed by atoms with van der Waals surface area (Å²) >= 11 is 2.04. The first-order chi connectivity index (χ1) is 14.9. The molecule has 0 saturated carbocycles. The third-order valence-electron chi connectivity index (χ3n) is 4.30. The lowest BCUT2D eigenvalue weighted by Gasteiger charge is -2.12. The summed E-state index contributed by atoms with van der Waals surface area (Å²) in [4.78, 5) is 23.8. The molecule has 9 heteroatoms. The van der Waals surface area contributed by atoms with Gasteiger partial charge in [-0.15, -0.1) is 0 Å². The van der Waals surface area contributed by atoms with Gasteiger partial charge < -0.3 is 19.3 Å². The second kappa shape index (κ2) is 10.1. The van der Waals surface area contributed by atoms with E-state index in [4.69, 9.17) is 9.47 Å². The molecular formula is C22H19IN2O6. The highest BCUT2D eigenvalue weighted by atomic mass is 127. The first-order valence-electron chi connectivity index (χ1n) is 9.05. The van der Waals surface area contributed by atoms with E-state index in [-0.39, 0.29) is 17.9 Å². The summed E-state index contributed by atoms with van der Waals surface area (Å²) in [6.45, 7) is -0.248. The Morgan fingerprint density at radius 1 is 1.13 bits per heavy atom. The van der Waals surface area contributed by atoms with Crippen molar-refractivity contribution in [2.24, 2.45) is 5.10 Å². The fraction of sp³-hybridized carbons (Fsp3) is 0.136. The number of halogens is 1. The van der Waals surface area contributed by atoms with Crippen molar-refractivity contribution in [3.8, 4) is 17.2 Å². The second-order valence-electron chi connectivity index (χ2n) is 6.31. The number of benzene rings is 3. The summed E-state index contributed by atoms with van der Waals surface area (Å²) in [5.74, 6) is -0.386. The quantitative estimate of drug-likeness (QED) is 0.208. The van der Waals surface area contributed by atoms with E-state index in [1.54, 1.807) is 18.2 Å². The highest BCUT2D eigenvalue weighted by molar-refractivity contribution is 14.1. The van der Waals surface area contributed by atoms with Crippen LogP contribution in [0.2, 0.25) is 0 Å². The molecule has 0 radical (unpaired) electrons. The first-order valence-corrected chi connectivity index (χ1v) is 10.1. The maximum Gasteiger partial charge on any atom is 0.343 e. The number of hydrazone groups is 1. The zero-order chi connectivity index (χ0) is 22.4. The minimum atomic E-state index is -0.542.